The van der Waals surface area contributed by atoms with Crippen molar-refractivity contribution in [1.82, 2.24) is 5.32 Å². The van der Waals surface area contributed by atoms with Crippen molar-refractivity contribution in [3.63, 3.8) is 0 Å². The summed E-state index contributed by atoms with van der Waals surface area (Å²) < 4.78 is 0. The summed E-state index contributed by atoms with van der Waals surface area (Å²) in [6.45, 7) is 5.52. The van der Waals surface area contributed by atoms with Gasteiger partial charge in [0.1, 0.15) is 0 Å². The van der Waals surface area contributed by atoms with Crippen molar-refractivity contribution in [3.05, 3.63) is 24.4 Å². The van der Waals surface area contributed by atoms with Crippen molar-refractivity contribution in [2.45, 2.75) is 6.92 Å². The maximum absolute atomic E-state index is 3.53. The molecule has 0 spiro atoms. The van der Waals surface area contributed by atoms with Gasteiger partial charge in [-0.15, -0.1) is 0 Å². The lowest BCUT2D eigenvalue weighted by Crippen LogP contribution is -1.99. The fourth-order valence-corrected chi connectivity index (χ4v) is 0.260. The van der Waals surface area contributed by atoms with Crippen LogP contribution in [-0.2, 0) is 0 Å². The quantitative estimate of drug-likeness (QED) is 0.518. The predicted molar refractivity (Wildman–Crippen MR) is 35.1 cm³/mol. The molecule has 1 N–H and O–H groups in total. The third kappa shape index (κ3) is 3.10. The van der Waals surface area contributed by atoms with Crippen LogP contribution >= 0.6 is 0 Å². The SMILES string of the molecule is C=C/C=C(/C)NC.[HH]. The van der Waals surface area contributed by atoms with Crippen LogP contribution in [0.4, 0.5) is 0 Å². The molecule has 0 unspecified atom stereocenters. The number of allylic oxidation sites excluding steroid dienone is 3. The van der Waals surface area contributed by atoms with E-state index in [1.165, 1.54) is 0 Å². The van der Waals surface area contributed by atoms with E-state index in [1.54, 1.807) is 6.08 Å². The van der Waals surface area contributed by atoms with E-state index in [2.05, 4.69) is 11.9 Å². The molecule has 0 amide bonds. The average molecular weight is 99.2 g/mol. The minimum Gasteiger partial charge on any atom is -0.392 e. The molecule has 0 bridgehead atoms. The van der Waals surface area contributed by atoms with Crippen LogP contribution in [0.3, 0.4) is 0 Å². The summed E-state index contributed by atoms with van der Waals surface area (Å²) in [5.74, 6) is 0. The lowest BCUT2D eigenvalue weighted by atomic mass is 10.4. The van der Waals surface area contributed by atoms with E-state index in [4.69, 9.17) is 0 Å². The predicted octanol–water partition coefficient (Wildman–Crippen LogP) is 1.54. The molecule has 0 aromatic heterocycles. The molecular formula is C6H13N. The van der Waals surface area contributed by atoms with Crippen molar-refractivity contribution in [3.8, 4) is 0 Å². The van der Waals surface area contributed by atoms with E-state index in [1.807, 2.05) is 20.0 Å². The summed E-state index contributed by atoms with van der Waals surface area (Å²) in [4.78, 5) is 0. The molecule has 0 saturated carbocycles. The molecule has 42 valence electrons. The lowest BCUT2D eigenvalue weighted by Gasteiger charge is -1.92. The number of rotatable bonds is 2. The van der Waals surface area contributed by atoms with Gasteiger partial charge in [0.05, 0.1) is 0 Å². The highest BCUT2D eigenvalue weighted by Crippen LogP contribution is 1.81. The molecule has 0 fully saturated rings. The van der Waals surface area contributed by atoms with Crippen LogP contribution in [0.25, 0.3) is 0 Å². The highest BCUT2D eigenvalue weighted by atomic mass is 14.8. The number of hydrogen-bond acceptors (Lipinski definition) is 1. The van der Waals surface area contributed by atoms with Gasteiger partial charge in [-0.1, -0.05) is 12.7 Å². The van der Waals surface area contributed by atoms with Gasteiger partial charge in [-0.3, -0.25) is 0 Å². The maximum atomic E-state index is 3.53. The molecule has 0 aliphatic carbocycles. The summed E-state index contributed by atoms with van der Waals surface area (Å²) in [5.41, 5.74) is 1.13. The highest BCUT2D eigenvalue weighted by molar-refractivity contribution is 5.04. The van der Waals surface area contributed by atoms with Gasteiger partial charge < -0.3 is 5.32 Å². The van der Waals surface area contributed by atoms with Crippen molar-refractivity contribution >= 4 is 0 Å². The molecule has 0 rings (SSSR count). The minimum absolute atomic E-state index is 0. The molecule has 0 radical (unpaired) electrons. The lowest BCUT2D eigenvalue weighted by molar-refractivity contribution is 0.991. The van der Waals surface area contributed by atoms with E-state index in [0.717, 1.165) is 5.70 Å². The third-order valence-electron chi connectivity index (χ3n) is 0.762. The van der Waals surface area contributed by atoms with Gasteiger partial charge in [-0.25, -0.2) is 0 Å². The van der Waals surface area contributed by atoms with Gasteiger partial charge in [0.25, 0.3) is 0 Å². The summed E-state index contributed by atoms with van der Waals surface area (Å²) in [7, 11) is 1.88. The van der Waals surface area contributed by atoms with E-state index >= 15 is 0 Å². The van der Waals surface area contributed by atoms with Crippen LogP contribution < -0.4 is 5.32 Å². The molecule has 0 aromatic carbocycles. The summed E-state index contributed by atoms with van der Waals surface area (Å²) in [6.07, 6.45) is 3.67. The molecule has 0 heterocycles. The first kappa shape index (κ1) is 6.28. The largest absolute Gasteiger partial charge is 0.392 e. The molecule has 0 aliphatic rings. The van der Waals surface area contributed by atoms with Crippen LogP contribution in [0.1, 0.15) is 8.35 Å². The molecule has 0 saturated heterocycles. The van der Waals surface area contributed by atoms with Crippen molar-refractivity contribution in [1.29, 1.82) is 0 Å². The van der Waals surface area contributed by atoms with Crippen LogP contribution in [0.5, 0.6) is 0 Å². The Labute approximate surface area is 46.2 Å². The van der Waals surface area contributed by atoms with Gasteiger partial charge in [0.15, 0.2) is 0 Å². The van der Waals surface area contributed by atoms with E-state index in [9.17, 15) is 0 Å². The Morgan fingerprint density at radius 1 is 1.86 bits per heavy atom. The zero-order valence-corrected chi connectivity index (χ0v) is 4.86. The summed E-state index contributed by atoms with van der Waals surface area (Å²) in [6, 6.07) is 0. The van der Waals surface area contributed by atoms with Gasteiger partial charge in [-0.2, -0.15) is 0 Å². The van der Waals surface area contributed by atoms with E-state index in [-0.39, 0.29) is 1.43 Å². The van der Waals surface area contributed by atoms with Crippen LogP contribution in [-0.4, -0.2) is 7.05 Å². The first-order chi connectivity index (χ1) is 3.31. The second kappa shape index (κ2) is 3.47. The number of hydrogen-bond donors (Lipinski definition) is 1. The Kier molecular flexibility index (Phi) is 3.11. The summed E-state index contributed by atoms with van der Waals surface area (Å²) in [5, 5.41) is 2.96. The Balaban J connectivity index is 0. The fraction of sp³-hybridized carbons (Fsp3) is 0.333. The van der Waals surface area contributed by atoms with Gasteiger partial charge in [0, 0.05) is 14.2 Å². The Morgan fingerprint density at radius 3 is 2.57 bits per heavy atom. The molecule has 0 aromatic rings. The third-order valence-corrected chi connectivity index (χ3v) is 0.762. The van der Waals surface area contributed by atoms with Crippen LogP contribution in [0, 0.1) is 0 Å². The number of nitrogens with one attached hydrogen (secondary N) is 1. The molecule has 1 nitrogen and oxygen atoms in total. The fourth-order valence-electron chi connectivity index (χ4n) is 0.260. The maximum Gasteiger partial charge on any atom is 0.00722 e. The topological polar surface area (TPSA) is 12.0 Å². The second-order valence-corrected chi connectivity index (χ2v) is 1.34. The molecular weight excluding hydrogens is 86.1 g/mol. The van der Waals surface area contributed by atoms with Crippen LogP contribution in [0.15, 0.2) is 24.4 Å². The normalized spacial score (nSPS) is 10.9. The monoisotopic (exact) mass is 99.1 g/mol. The van der Waals surface area contributed by atoms with Crippen molar-refractivity contribution in [2.75, 3.05) is 7.05 Å². The first-order valence-corrected chi connectivity index (χ1v) is 2.28. The Hall–Kier alpha value is -0.720. The van der Waals surface area contributed by atoms with Crippen LogP contribution in [0.2, 0.25) is 0 Å². The molecule has 0 atom stereocenters. The van der Waals surface area contributed by atoms with Gasteiger partial charge >= 0.3 is 0 Å². The molecule has 0 aliphatic heterocycles. The van der Waals surface area contributed by atoms with E-state index in [0.29, 0.717) is 0 Å². The molecule has 7 heavy (non-hydrogen) atoms. The van der Waals surface area contributed by atoms with Gasteiger partial charge in [0.2, 0.25) is 0 Å². The second-order valence-electron chi connectivity index (χ2n) is 1.34. The minimum atomic E-state index is 0. The summed E-state index contributed by atoms with van der Waals surface area (Å²) >= 11 is 0. The Bertz CT molecular complexity index is 86.5. The molecule has 1 heteroatoms. The smallest absolute Gasteiger partial charge is 0.00722 e. The average Bonchev–Trinajstić information content (AvgIpc) is 1.68. The Morgan fingerprint density at radius 2 is 2.43 bits per heavy atom. The van der Waals surface area contributed by atoms with Crippen molar-refractivity contribution in [2.24, 2.45) is 0 Å². The van der Waals surface area contributed by atoms with Crippen molar-refractivity contribution < 1.29 is 1.43 Å². The zero-order chi connectivity index (χ0) is 5.70. The highest BCUT2D eigenvalue weighted by Gasteiger charge is 1.71. The van der Waals surface area contributed by atoms with E-state index < -0.39 is 0 Å². The zero-order valence-electron chi connectivity index (χ0n) is 4.86. The first-order valence-electron chi connectivity index (χ1n) is 2.28. The van der Waals surface area contributed by atoms with Gasteiger partial charge in [-0.05, 0) is 13.0 Å². The standard InChI is InChI=1S/C6H11N.H2/c1-4-5-6(2)7-3;/h4-5,7H,1H2,2-3H3;1H/b6-5-;.